The number of benzene rings is 2. The van der Waals surface area contributed by atoms with Crippen LogP contribution in [0.5, 0.6) is 5.75 Å². The van der Waals surface area contributed by atoms with E-state index in [0.29, 0.717) is 22.8 Å². The Hall–Kier alpha value is -3.06. The van der Waals surface area contributed by atoms with Crippen molar-refractivity contribution in [2.24, 2.45) is 0 Å². The van der Waals surface area contributed by atoms with Gasteiger partial charge < -0.3 is 10.1 Å². The van der Waals surface area contributed by atoms with Crippen LogP contribution >= 0.6 is 0 Å². The minimum absolute atomic E-state index is 0.263. The van der Waals surface area contributed by atoms with Crippen LogP contribution in [0.2, 0.25) is 0 Å². The first-order valence-corrected chi connectivity index (χ1v) is 10.2. The van der Waals surface area contributed by atoms with Crippen molar-refractivity contribution in [1.29, 1.82) is 0 Å². The van der Waals surface area contributed by atoms with Crippen molar-refractivity contribution in [3.05, 3.63) is 71.4 Å². The molecule has 0 aliphatic carbocycles. The van der Waals surface area contributed by atoms with Gasteiger partial charge in [0.2, 0.25) is 0 Å². The van der Waals surface area contributed by atoms with Gasteiger partial charge in [-0.2, -0.15) is 0 Å². The number of ether oxygens (including phenoxy) is 1. The average Bonchev–Trinajstić information content (AvgIpc) is 2.65. The summed E-state index contributed by atoms with van der Waals surface area (Å²) < 4.78 is 33.3. The zero-order chi connectivity index (χ0) is 20.3. The number of pyridine rings is 1. The Morgan fingerprint density at radius 2 is 1.64 bits per heavy atom. The van der Waals surface area contributed by atoms with Gasteiger partial charge in [-0.1, -0.05) is 18.2 Å². The highest BCUT2D eigenvalue weighted by Gasteiger charge is 2.17. The van der Waals surface area contributed by atoms with Crippen LogP contribution in [0.4, 0.5) is 17.2 Å². The molecule has 3 aromatic rings. The quantitative estimate of drug-likeness (QED) is 0.637. The van der Waals surface area contributed by atoms with Gasteiger partial charge >= 0.3 is 0 Å². The molecule has 7 heteroatoms. The highest BCUT2D eigenvalue weighted by atomic mass is 32.2. The maximum atomic E-state index is 12.7. The fraction of sp³-hybridized carbons (Fsp3) is 0.190. The maximum Gasteiger partial charge on any atom is 0.262 e. The minimum atomic E-state index is -3.68. The lowest BCUT2D eigenvalue weighted by molar-refractivity contribution is 0.416. The Kier molecular flexibility index (Phi) is 5.56. The number of aromatic nitrogens is 1. The predicted octanol–water partition coefficient (Wildman–Crippen LogP) is 4.56. The van der Waals surface area contributed by atoms with Gasteiger partial charge in [-0.3, -0.25) is 4.72 Å². The van der Waals surface area contributed by atoms with Crippen molar-refractivity contribution in [1.82, 2.24) is 4.98 Å². The number of hydrogen-bond donors (Lipinski definition) is 2. The summed E-state index contributed by atoms with van der Waals surface area (Å²) in [4.78, 5) is 4.57. The lowest BCUT2D eigenvalue weighted by Gasteiger charge is -2.13. The molecule has 6 nitrogen and oxygen atoms in total. The van der Waals surface area contributed by atoms with Crippen LogP contribution in [0.25, 0.3) is 0 Å². The first-order valence-electron chi connectivity index (χ1n) is 8.76. The topological polar surface area (TPSA) is 80.3 Å². The molecule has 3 rings (SSSR count). The van der Waals surface area contributed by atoms with E-state index >= 15 is 0 Å². The van der Waals surface area contributed by atoms with E-state index in [1.54, 1.807) is 38.3 Å². The number of anilines is 3. The molecule has 0 saturated heterocycles. The van der Waals surface area contributed by atoms with Gasteiger partial charge in [-0.15, -0.1) is 0 Å². The van der Waals surface area contributed by atoms with E-state index in [-0.39, 0.29) is 4.90 Å². The van der Waals surface area contributed by atoms with Gasteiger partial charge in [-0.05, 0) is 67.8 Å². The van der Waals surface area contributed by atoms with Gasteiger partial charge in [0, 0.05) is 0 Å². The standard InChI is InChI=1S/C21H23N3O3S/c1-14-6-9-19(27-4)18(11-14)23-21-10-8-17(13-22-21)24-28(25,26)20-12-15(2)5-7-16(20)3/h5-13,24H,1-4H3,(H,22,23). The lowest BCUT2D eigenvalue weighted by Crippen LogP contribution is -2.14. The van der Waals surface area contributed by atoms with Crippen molar-refractivity contribution >= 4 is 27.2 Å². The van der Waals surface area contributed by atoms with E-state index in [1.165, 1.54) is 6.20 Å². The highest BCUT2D eigenvalue weighted by molar-refractivity contribution is 7.92. The van der Waals surface area contributed by atoms with E-state index in [0.717, 1.165) is 16.8 Å². The van der Waals surface area contributed by atoms with Crippen molar-refractivity contribution in [2.75, 3.05) is 17.1 Å². The zero-order valence-corrected chi connectivity index (χ0v) is 17.1. The average molecular weight is 398 g/mol. The number of aryl methyl sites for hydroxylation is 3. The second-order valence-corrected chi connectivity index (χ2v) is 8.29. The fourth-order valence-corrected chi connectivity index (χ4v) is 4.17. The van der Waals surface area contributed by atoms with Gasteiger partial charge in [0.1, 0.15) is 11.6 Å². The maximum absolute atomic E-state index is 12.7. The van der Waals surface area contributed by atoms with Crippen LogP contribution in [-0.2, 0) is 10.0 Å². The normalized spacial score (nSPS) is 11.1. The number of sulfonamides is 1. The molecule has 0 aliphatic rings. The number of hydrogen-bond acceptors (Lipinski definition) is 5. The minimum Gasteiger partial charge on any atom is -0.495 e. The summed E-state index contributed by atoms with van der Waals surface area (Å²) in [7, 11) is -2.08. The Balaban J connectivity index is 1.80. The van der Waals surface area contributed by atoms with E-state index < -0.39 is 10.0 Å². The third kappa shape index (κ3) is 4.43. The van der Waals surface area contributed by atoms with Gasteiger partial charge in [0.15, 0.2) is 0 Å². The largest absolute Gasteiger partial charge is 0.495 e. The monoisotopic (exact) mass is 397 g/mol. The molecule has 0 atom stereocenters. The predicted molar refractivity (Wildman–Crippen MR) is 112 cm³/mol. The Morgan fingerprint density at radius 3 is 2.32 bits per heavy atom. The molecule has 1 aromatic heterocycles. The molecule has 0 radical (unpaired) electrons. The van der Waals surface area contributed by atoms with Gasteiger partial charge in [-0.25, -0.2) is 13.4 Å². The smallest absolute Gasteiger partial charge is 0.262 e. The summed E-state index contributed by atoms with van der Waals surface area (Å²) in [5.74, 6) is 1.28. The lowest BCUT2D eigenvalue weighted by atomic mass is 10.2. The fourth-order valence-electron chi connectivity index (χ4n) is 2.79. The van der Waals surface area contributed by atoms with Crippen LogP contribution < -0.4 is 14.8 Å². The Morgan fingerprint density at radius 1 is 0.929 bits per heavy atom. The second-order valence-electron chi connectivity index (χ2n) is 6.64. The number of methoxy groups -OCH3 is 1. The molecule has 146 valence electrons. The molecule has 0 fully saturated rings. The summed E-state index contributed by atoms with van der Waals surface area (Å²) >= 11 is 0. The van der Waals surface area contributed by atoms with Gasteiger partial charge in [0.05, 0.1) is 29.6 Å². The van der Waals surface area contributed by atoms with Crippen molar-refractivity contribution in [3.8, 4) is 5.75 Å². The summed E-state index contributed by atoms with van der Waals surface area (Å²) in [6.07, 6.45) is 1.48. The van der Waals surface area contributed by atoms with Gasteiger partial charge in [0.25, 0.3) is 10.0 Å². The zero-order valence-electron chi connectivity index (χ0n) is 16.3. The molecule has 1 heterocycles. The first kappa shape index (κ1) is 19.7. The van der Waals surface area contributed by atoms with Crippen LogP contribution in [-0.4, -0.2) is 20.5 Å². The summed E-state index contributed by atoms with van der Waals surface area (Å²) in [6.45, 7) is 5.62. The summed E-state index contributed by atoms with van der Waals surface area (Å²) in [5, 5.41) is 3.19. The molecule has 0 spiro atoms. The number of nitrogens with zero attached hydrogens (tertiary/aromatic N) is 1. The molecule has 0 unspecified atom stereocenters. The van der Waals surface area contributed by atoms with E-state index in [4.69, 9.17) is 4.74 Å². The molecular weight excluding hydrogens is 374 g/mol. The van der Waals surface area contributed by atoms with Crippen LogP contribution in [0.3, 0.4) is 0 Å². The van der Waals surface area contributed by atoms with E-state index in [2.05, 4.69) is 15.0 Å². The number of nitrogens with one attached hydrogen (secondary N) is 2. The van der Waals surface area contributed by atoms with Crippen molar-refractivity contribution < 1.29 is 13.2 Å². The molecule has 28 heavy (non-hydrogen) atoms. The van der Waals surface area contributed by atoms with Crippen LogP contribution in [0.15, 0.2) is 59.6 Å². The molecule has 0 bridgehead atoms. The third-order valence-corrected chi connectivity index (χ3v) is 5.79. The van der Waals surface area contributed by atoms with Crippen LogP contribution in [0.1, 0.15) is 16.7 Å². The Bertz CT molecular complexity index is 1090. The molecule has 2 aromatic carbocycles. The van der Waals surface area contributed by atoms with E-state index in [9.17, 15) is 8.42 Å². The van der Waals surface area contributed by atoms with Crippen molar-refractivity contribution in [3.63, 3.8) is 0 Å². The second kappa shape index (κ2) is 7.90. The van der Waals surface area contributed by atoms with E-state index in [1.807, 2.05) is 38.1 Å². The first-order chi connectivity index (χ1) is 13.3. The molecule has 2 N–H and O–H groups in total. The molecular formula is C21H23N3O3S. The summed E-state index contributed by atoms with van der Waals surface area (Å²) in [5.41, 5.74) is 3.84. The number of rotatable bonds is 6. The molecule has 0 saturated carbocycles. The molecule has 0 amide bonds. The van der Waals surface area contributed by atoms with Crippen molar-refractivity contribution in [2.45, 2.75) is 25.7 Å². The SMILES string of the molecule is COc1ccc(C)cc1Nc1ccc(NS(=O)(=O)c2cc(C)ccc2C)cn1. The summed E-state index contributed by atoms with van der Waals surface area (Å²) in [6, 6.07) is 14.5. The molecule has 0 aliphatic heterocycles. The Labute approximate surface area is 165 Å². The van der Waals surface area contributed by atoms with Crippen LogP contribution in [0, 0.1) is 20.8 Å². The third-order valence-electron chi connectivity index (χ3n) is 4.27. The highest BCUT2D eigenvalue weighted by Crippen LogP contribution is 2.28.